The molecule has 0 saturated carbocycles. The highest BCUT2D eigenvalue weighted by atomic mass is 16.6. The van der Waals surface area contributed by atoms with Crippen LogP contribution >= 0.6 is 0 Å². The van der Waals surface area contributed by atoms with E-state index in [0.717, 1.165) is 4.90 Å². The summed E-state index contributed by atoms with van der Waals surface area (Å²) in [4.78, 5) is 51.2. The predicted molar refractivity (Wildman–Crippen MR) is 96.4 cm³/mol. The molecule has 9 nitrogen and oxygen atoms in total. The maximum absolute atomic E-state index is 12.9. The molecule has 3 amide bonds. The standard InChI is InChI=1S/C18H23N3O6/c1-11(2)10-19(8-9-27-4)16(22)12(3)20-17(23)13-6-5-7-14(21(25)26)15(13)18(20)24/h5-7,11-12H,8-10H2,1-4H3. The summed E-state index contributed by atoms with van der Waals surface area (Å²) in [7, 11) is 1.52. The Morgan fingerprint density at radius 1 is 1.26 bits per heavy atom. The molecule has 0 aliphatic carbocycles. The molecule has 1 aromatic carbocycles. The third kappa shape index (κ3) is 3.97. The van der Waals surface area contributed by atoms with Crippen molar-refractivity contribution in [2.24, 2.45) is 5.92 Å². The molecule has 0 N–H and O–H groups in total. The number of methoxy groups -OCH3 is 1. The van der Waals surface area contributed by atoms with Gasteiger partial charge in [-0.05, 0) is 18.9 Å². The summed E-state index contributed by atoms with van der Waals surface area (Å²) in [6, 6.07) is 2.80. The highest BCUT2D eigenvalue weighted by molar-refractivity contribution is 6.24. The Bertz CT molecular complexity index is 776. The molecular formula is C18H23N3O6. The Morgan fingerprint density at radius 3 is 2.48 bits per heavy atom. The normalized spacial score (nSPS) is 14.5. The number of benzene rings is 1. The highest BCUT2D eigenvalue weighted by Gasteiger charge is 2.45. The minimum absolute atomic E-state index is 0.0545. The zero-order chi connectivity index (χ0) is 20.3. The summed E-state index contributed by atoms with van der Waals surface area (Å²) < 4.78 is 5.03. The Morgan fingerprint density at radius 2 is 1.93 bits per heavy atom. The number of amides is 3. The van der Waals surface area contributed by atoms with Crippen molar-refractivity contribution < 1.29 is 24.0 Å². The molecule has 0 radical (unpaired) electrons. The molecule has 27 heavy (non-hydrogen) atoms. The first-order valence-corrected chi connectivity index (χ1v) is 8.63. The molecule has 1 aromatic rings. The topological polar surface area (TPSA) is 110 Å². The van der Waals surface area contributed by atoms with Gasteiger partial charge in [-0.3, -0.25) is 29.4 Å². The number of nitrogens with zero attached hydrogens (tertiary/aromatic N) is 3. The number of fused-ring (bicyclic) bond motifs is 1. The van der Waals surface area contributed by atoms with Gasteiger partial charge in [0, 0.05) is 26.3 Å². The van der Waals surface area contributed by atoms with Crippen molar-refractivity contribution in [2.75, 3.05) is 26.8 Å². The van der Waals surface area contributed by atoms with Crippen LogP contribution in [0.4, 0.5) is 5.69 Å². The third-order valence-corrected chi connectivity index (χ3v) is 4.33. The summed E-state index contributed by atoms with van der Waals surface area (Å²) in [5.74, 6) is -1.74. The number of carbonyl (C=O) groups is 3. The van der Waals surface area contributed by atoms with Gasteiger partial charge in [0.15, 0.2) is 0 Å². The predicted octanol–water partition coefficient (Wildman–Crippen LogP) is 1.71. The Hall–Kier alpha value is -2.81. The van der Waals surface area contributed by atoms with Gasteiger partial charge in [-0.15, -0.1) is 0 Å². The van der Waals surface area contributed by atoms with E-state index >= 15 is 0 Å². The van der Waals surface area contributed by atoms with Gasteiger partial charge in [0.1, 0.15) is 11.6 Å². The van der Waals surface area contributed by atoms with Crippen molar-refractivity contribution in [3.63, 3.8) is 0 Å². The van der Waals surface area contributed by atoms with Crippen LogP contribution in [0.15, 0.2) is 18.2 Å². The van der Waals surface area contributed by atoms with Gasteiger partial charge < -0.3 is 9.64 Å². The molecular weight excluding hydrogens is 354 g/mol. The average Bonchev–Trinajstić information content (AvgIpc) is 2.88. The largest absolute Gasteiger partial charge is 0.383 e. The molecule has 1 aliphatic rings. The fourth-order valence-corrected chi connectivity index (χ4v) is 3.10. The smallest absolute Gasteiger partial charge is 0.282 e. The van der Waals surface area contributed by atoms with Gasteiger partial charge in [-0.1, -0.05) is 19.9 Å². The monoisotopic (exact) mass is 377 g/mol. The SMILES string of the molecule is COCCN(CC(C)C)C(=O)C(C)N1C(=O)c2cccc([N+](=O)[O-])c2C1=O. The second-order valence-corrected chi connectivity index (χ2v) is 6.78. The first kappa shape index (κ1) is 20.5. The number of hydrogen-bond donors (Lipinski definition) is 0. The second-order valence-electron chi connectivity index (χ2n) is 6.78. The molecule has 146 valence electrons. The molecule has 2 rings (SSSR count). The second kappa shape index (κ2) is 8.26. The number of rotatable bonds is 8. The molecule has 0 saturated heterocycles. The number of nitro groups is 1. The summed E-state index contributed by atoms with van der Waals surface area (Å²) >= 11 is 0. The summed E-state index contributed by atoms with van der Waals surface area (Å²) in [6.45, 7) is 6.43. The molecule has 1 aliphatic heterocycles. The van der Waals surface area contributed by atoms with Crippen molar-refractivity contribution in [3.8, 4) is 0 Å². The van der Waals surface area contributed by atoms with E-state index in [2.05, 4.69) is 0 Å². The maximum Gasteiger partial charge on any atom is 0.282 e. The fourth-order valence-electron chi connectivity index (χ4n) is 3.10. The lowest BCUT2D eigenvalue weighted by atomic mass is 10.1. The van der Waals surface area contributed by atoms with Gasteiger partial charge >= 0.3 is 0 Å². The maximum atomic E-state index is 12.9. The van der Waals surface area contributed by atoms with Gasteiger partial charge in [0.05, 0.1) is 17.1 Å². The van der Waals surface area contributed by atoms with E-state index in [4.69, 9.17) is 4.74 Å². The summed E-state index contributed by atoms with van der Waals surface area (Å²) in [5, 5.41) is 11.2. The lowest BCUT2D eigenvalue weighted by molar-refractivity contribution is -0.385. The number of imide groups is 1. The van der Waals surface area contributed by atoms with E-state index < -0.39 is 34.4 Å². The van der Waals surface area contributed by atoms with Gasteiger partial charge in [-0.2, -0.15) is 0 Å². The first-order valence-electron chi connectivity index (χ1n) is 8.63. The third-order valence-electron chi connectivity index (χ3n) is 4.33. The Kier molecular flexibility index (Phi) is 6.27. The molecule has 1 atom stereocenters. The van der Waals surface area contributed by atoms with Crippen LogP contribution in [-0.4, -0.2) is 65.3 Å². The van der Waals surface area contributed by atoms with E-state index in [9.17, 15) is 24.5 Å². The van der Waals surface area contributed by atoms with Gasteiger partial charge in [0.25, 0.3) is 17.5 Å². The number of ether oxygens (including phenoxy) is 1. The van der Waals surface area contributed by atoms with Crippen LogP contribution in [0.2, 0.25) is 0 Å². The van der Waals surface area contributed by atoms with Crippen LogP contribution in [0.25, 0.3) is 0 Å². The fraction of sp³-hybridized carbons (Fsp3) is 0.500. The quantitative estimate of drug-likeness (QED) is 0.387. The van der Waals surface area contributed by atoms with Crippen LogP contribution < -0.4 is 0 Å². The molecule has 0 spiro atoms. The zero-order valence-corrected chi connectivity index (χ0v) is 15.8. The molecule has 0 aromatic heterocycles. The summed E-state index contributed by atoms with van der Waals surface area (Å²) in [5.41, 5.74) is -0.757. The Labute approximate surface area is 157 Å². The van der Waals surface area contributed by atoms with Crippen molar-refractivity contribution in [1.29, 1.82) is 0 Å². The molecule has 0 bridgehead atoms. The van der Waals surface area contributed by atoms with Crippen LogP contribution in [0.5, 0.6) is 0 Å². The number of carbonyl (C=O) groups excluding carboxylic acids is 3. The van der Waals surface area contributed by atoms with E-state index in [1.54, 1.807) is 0 Å². The van der Waals surface area contributed by atoms with E-state index in [-0.39, 0.29) is 17.0 Å². The minimum atomic E-state index is -1.08. The average molecular weight is 377 g/mol. The molecule has 1 heterocycles. The highest BCUT2D eigenvalue weighted by Crippen LogP contribution is 2.32. The first-order chi connectivity index (χ1) is 12.7. The molecule has 1 unspecified atom stereocenters. The molecule has 0 fully saturated rings. The van der Waals surface area contributed by atoms with Crippen LogP contribution in [0.1, 0.15) is 41.5 Å². The van der Waals surface area contributed by atoms with E-state index in [0.29, 0.717) is 19.7 Å². The van der Waals surface area contributed by atoms with Crippen molar-refractivity contribution in [3.05, 3.63) is 39.4 Å². The molecule has 9 heteroatoms. The number of hydrogen-bond acceptors (Lipinski definition) is 6. The van der Waals surface area contributed by atoms with Crippen LogP contribution in [0.3, 0.4) is 0 Å². The van der Waals surface area contributed by atoms with Crippen LogP contribution in [-0.2, 0) is 9.53 Å². The van der Waals surface area contributed by atoms with Gasteiger partial charge in [0.2, 0.25) is 5.91 Å². The van der Waals surface area contributed by atoms with E-state index in [1.165, 1.54) is 37.1 Å². The number of nitro benzene ring substituents is 1. The van der Waals surface area contributed by atoms with Crippen molar-refractivity contribution in [1.82, 2.24) is 9.80 Å². The minimum Gasteiger partial charge on any atom is -0.383 e. The lowest BCUT2D eigenvalue weighted by Gasteiger charge is -2.30. The van der Waals surface area contributed by atoms with Crippen LogP contribution in [0, 0.1) is 16.0 Å². The van der Waals surface area contributed by atoms with Crippen molar-refractivity contribution >= 4 is 23.4 Å². The van der Waals surface area contributed by atoms with E-state index in [1.807, 2.05) is 13.8 Å². The van der Waals surface area contributed by atoms with Crippen molar-refractivity contribution in [2.45, 2.75) is 26.8 Å². The lowest BCUT2D eigenvalue weighted by Crippen LogP contribution is -2.51. The van der Waals surface area contributed by atoms with Gasteiger partial charge in [-0.25, -0.2) is 0 Å². The summed E-state index contributed by atoms with van der Waals surface area (Å²) in [6.07, 6.45) is 0. The Balaban J connectivity index is 2.33. The zero-order valence-electron chi connectivity index (χ0n) is 15.8.